The van der Waals surface area contributed by atoms with Gasteiger partial charge in [0.25, 0.3) is 0 Å². The Hall–Kier alpha value is -0.0100. The summed E-state index contributed by atoms with van der Waals surface area (Å²) >= 11 is 0. The summed E-state index contributed by atoms with van der Waals surface area (Å²) in [5, 5.41) is 0. The molecule has 1 atom stereocenters. The zero-order valence-electron chi connectivity index (χ0n) is 5.26. The number of nitrogens with two attached hydrogens (primary N) is 1. The quantitative estimate of drug-likeness (QED) is 0.586. The van der Waals surface area contributed by atoms with Crippen LogP contribution in [0.1, 0.15) is 19.8 Å². The molecular weight excluding hydrogens is 122 g/mol. The molecule has 0 aromatic carbocycles. The van der Waals surface area contributed by atoms with Crippen LogP contribution in [0.15, 0.2) is 12.7 Å². The molecule has 2 heteroatoms. The van der Waals surface area contributed by atoms with Gasteiger partial charge in [-0.2, -0.15) is 0 Å². The second-order valence-electron chi connectivity index (χ2n) is 1.69. The summed E-state index contributed by atoms with van der Waals surface area (Å²) in [4.78, 5) is 0. The van der Waals surface area contributed by atoms with Gasteiger partial charge in [0, 0.05) is 6.04 Å². The Balaban J connectivity index is 0. The normalized spacial score (nSPS) is 11.8. The van der Waals surface area contributed by atoms with E-state index < -0.39 is 0 Å². The van der Waals surface area contributed by atoms with E-state index in [0.29, 0.717) is 0 Å². The summed E-state index contributed by atoms with van der Waals surface area (Å²) < 4.78 is 0. The van der Waals surface area contributed by atoms with Crippen molar-refractivity contribution in [1.82, 2.24) is 0 Å². The SMILES string of the molecule is C=CC(N)CCC.Cl. The highest BCUT2D eigenvalue weighted by Crippen LogP contribution is 1.91. The van der Waals surface area contributed by atoms with E-state index in [0.717, 1.165) is 12.8 Å². The molecule has 0 heterocycles. The molecule has 0 aromatic heterocycles. The van der Waals surface area contributed by atoms with Gasteiger partial charge in [0.15, 0.2) is 0 Å². The summed E-state index contributed by atoms with van der Waals surface area (Å²) in [5.41, 5.74) is 5.47. The molecule has 0 aliphatic rings. The second-order valence-corrected chi connectivity index (χ2v) is 1.69. The molecular formula is C6H14ClN. The zero-order valence-corrected chi connectivity index (χ0v) is 6.08. The van der Waals surface area contributed by atoms with Gasteiger partial charge in [0.1, 0.15) is 0 Å². The molecule has 0 saturated heterocycles. The molecule has 1 nitrogen and oxygen atoms in total. The van der Waals surface area contributed by atoms with Crippen LogP contribution in [0.3, 0.4) is 0 Å². The van der Waals surface area contributed by atoms with Gasteiger partial charge in [-0.3, -0.25) is 0 Å². The molecule has 0 saturated carbocycles. The van der Waals surface area contributed by atoms with E-state index in [4.69, 9.17) is 5.73 Å². The third-order valence-electron chi connectivity index (χ3n) is 0.925. The molecule has 50 valence electrons. The van der Waals surface area contributed by atoms with E-state index >= 15 is 0 Å². The first-order valence-electron chi connectivity index (χ1n) is 2.69. The highest BCUT2D eigenvalue weighted by atomic mass is 35.5. The van der Waals surface area contributed by atoms with Crippen LogP contribution in [0.2, 0.25) is 0 Å². The molecule has 0 amide bonds. The summed E-state index contributed by atoms with van der Waals surface area (Å²) in [6.07, 6.45) is 3.99. The maximum atomic E-state index is 5.47. The fourth-order valence-corrected chi connectivity index (χ4v) is 0.451. The van der Waals surface area contributed by atoms with E-state index in [1.54, 1.807) is 6.08 Å². The Morgan fingerprint density at radius 1 is 1.75 bits per heavy atom. The van der Waals surface area contributed by atoms with E-state index in [1.807, 2.05) is 0 Å². The minimum absolute atomic E-state index is 0. The van der Waals surface area contributed by atoms with Gasteiger partial charge in [0.2, 0.25) is 0 Å². The van der Waals surface area contributed by atoms with Crippen molar-refractivity contribution in [2.45, 2.75) is 25.8 Å². The Bertz CT molecular complexity index is 54.5. The first kappa shape index (κ1) is 10.9. The molecule has 1 unspecified atom stereocenters. The third-order valence-corrected chi connectivity index (χ3v) is 0.925. The lowest BCUT2D eigenvalue weighted by molar-refractivity contribution is 0.705. The smallest absolute Gasteiger partial charge is 0.0220 e. The van der Waals surface area contributed by atoms with Crippen molar-refractivity contribution in [3.8, 4) is 0 Å². The Kier molecular flexibility index (Phi) is 9.51. The molecule has 0 aliphatic heterocycles. The summed E-state index contributed by atoms with van der Waals surface area (Å²) in [6.45, 7) is 5.67. The first-order chi connectivity index (χ1) is 3.31. The fraction of sp³-hybridized carbons (Fsp3) is 0.667. The number of rotatable bonds is 3. The predicted molar refractivity (Wildman–Crippen MR) is 40.3 cm³/mol. The van der Waals surface area contributed by atoms with Crippen LogP contribution >= 0.6 is 12.4 Å². The molecule has 0 fully saturated rings. The monoisotopic (exact) mass is 135 g/mol. The summed E-state index contributed by atoms with van der Waals surface area (Å²) in [7, 11) is 0. The van der Waals surface area contributed by atoms with Crippen molar-refractivity contribution < 1.29 is 0 Å². The van der Waals surface area contributed by atoms with Gasteiger partial charge in [-0.05, 0) is 6.42 Å². The lowest BCUT2D eigenvalue weighted by atomic mass is 10.2. The predicted octanol–water partition coefficient (Wildman–Crippen LogP) is 1.72. The van der Waals surface area contributed by atoms with Crippen molar-refractivity contribution in [2.75, 3.05) is 0 Å². The van der Waals surface area contributed by atoms with Gasteiger partial charge >= 0.3 is 0 Å². The number of halogens is 1. The van der Waals surface area contributed by atoms with Gasteiger partial charge < -0.3 is 5.73 Å². The highest BCUT2D eigenvalue weighted by molar-refractivity contribution is 5.85. The van der Waals surface area contributed by atoms with Crippen LogP contribution in [0, 0.1) is 0 Å². The van der Waals surface area contributed by atoms with Crippen LogP contribution in [-0.4, -0.2) is 6.04 Å². The largest absolute Gasteiger partial charge is 0.324 e. The molecule has 2 N–H and O–H groups in total. The van der Waals surface area contributed by atoms with Crippen molar-refractivity contribution in [3.05, 3.63) is 12.7 Å². The average molecular weight is 136 g/mol. The molecule has 0 rings (SSSR count). The lowest BCUT2D eigenvalue weighted by Gasteiger charge is -1.99. The van der Waals surface area contributed by atoms with Gasteiger partial charge in [-0.15, -0.1) is 19.0 Å². The van der Waals surface area contributed by atoms with Crippen molar-refractivity contribution in [2.24, 2.45) is 5.73 Å². The highest BCUT2D eigenvalue weighted by Gasteiger charge is 1.89. The van der Waals surface area contributed by atoms with E-state index in [2.05, 4.69) is 13.5 Å². The van der Waals surface area contributed by atoms with E-state index in [9.17, 15) is 0 Å². The van der Waals surface area contributed by atoms with Gasteiger partial charge in [-0.25, -0.2) is 0 Å². The Morgan fingerprint density at radius 3 is 2.38 bits per heavy atom. The second kappa shape index (κ2) is 6.99. The Labute approximate surface area is 57.4 Å². The summed E-state index contributed by atoms with van der Waals surface area (Å²) in [5.74, 6) is 0. The van der Waals surface area contributed by atoms with Gasteiger partial charge in [0.05, 0.1) is 0 Å². The fourth-order valence-electron chi connectivity index (χ4n) is 0.451. The van der Waals surface area contributed by atoms with E-state index in [-0.39, 0.29) is 18.4 Å². The van der Waals surface area contributed by atoms with Crippen molar-refractivity contribution in [3.63, 3.8) is 0 Å². The molecule has 0 aliphatic carbocycles. The van der Waals surface area contributed by atoms with Gasteiger partial charge in [-0.1, -0.05) is 19.4 Å². The number of hydrogen-bond donors (Lipinski definition) is 1. The van der Waals surface area contributed by atoms with Crippen molar-refractivity contribution in [1.29, 1.82) is 0 Å². The first-order valence-corrected chi connectivity index (χ1v) is 2.69. The van der Waals surface area contributed by atoms with Crippen molar-refractivity contribution >= 4 is 12.4 Å². The summed E-state index contributed by atoms with van der Waals surface area (Å²) in [6, 6.07) is 0.213. The topological polar surface area (TPSA) is 26.0 Å². The Morgan fingerprint density at radius 2 is 2.25 bits per heavy atom. The van der Waals surface area contributed by atoms with Crippen LogP contribution < -0.4 is 5.73 Å². The van der Waals surface area contributed by atoms with Crippen LogP contribution in [-0.2, 0) is 0 Å². The van der Waals surface area contributed by atoms with Crippen LogP contribution in [0.4, 0.5) is 0 Å². The lowest BCUT2D eigenvalue weighted by Crippen LogP contribution is -2.14. The number of hydrogen-bond acceptors (Lipinski definition) is 1. The maximum absolute atomic E-state index is 5.47. The minimum atomic E-state index is 0. The maximum Gasteiger partial charge on any atom is 0.0220 e. The standard InChI is InChI=1S/C6H13N.ClH/c1-3-5-6(7)4-2;/h4,6H,2-3,5,7H2,1H3;1H. The third kappa shape index (κ3) is 5.99. The molecule has 0 bridgehead atoms. The minimum Gasteiger partial charge on any atom is -0.324 e. The average Bonchev–Trinajstić information content (AvgIpc) is 1.68. The molecule has 0 spiro atoms. The van der Waals surface area contributed by atoms with Crippen LogP contribution in [0.25, 0.3) is 0 Å². The molecule has 8 heavy (non-hydrogen) atoms. The molecule has 0 radical (unpaired) electrons. The van der Waals surface area contributed by atoms with Crippen LogP contribution in [0.5, 0.6) is 0 Å². The molecule has 0 aromatic rings. The zero-order chi connectivity index (χ0) is 5.70. The van der Waals surface area contributed by atoms with E-state index in [1.165, 1.54) is 0 Å².